The number of esters is 1. The van der Waals surface area contributed by atoms with Crippen LogP contribution in [0.3, 0.4) is 0 Å². The molecule has 5 heteroatoms. The molecule has 3 rings (SSSR count). The fourth-order valence-corrected chi connectivity index (χ4v) is 5.22. The first kappa shape index (κ1) is 28.0. The van der Waals surface area contributed by atoms with Crippen molar-refractivity contribution < 1.29 is 23.7 Å². The minimum absolute atomic E-state index is 0.0462. The summed E-state index contributed by atoms with van der Waals surface area (Å²) in [5, 5.41) is 0. The van der Waals surface area contributed by atoms with E-state index in [1.54, 1.807) is 0 Å². The third-order valence-corrected chi connectivity index (χ3v) is 7.57. The molecule has 1 aliphatic carbocycles. The monoisotopic (exact) mass is 488 g/mol. The number of ether oxygens (including phenoxy) is 4. The second-order valence-corrected chi connectivity index (χ2v) is 10.6. The Morgan fingerprint density at radius 3 is 2.29 bits per heavy atom. The molecule has 5 nitrogen and oxygen atoms in total. The first-order valence-electron chi connectivity index (χ1n) is 14.3. The molecule has 198 valence electrons. The summed E-state index contributed by atoms with van der Waals surface area (Å²) in [5.41, 5.74) is 0.938. The molecule has 0 unspecified atom stereocenters. The van der Waals surface area contributed by atoms with Crippen LogP contribution in [0.4, 0.5) is 0 Å². The molecule has 1 saturated heterocycles. The Morgan fingerprint density at radius 1 is 0.914 bits per heavy atom. The number of rotatable bonds is 14. The Hall–Kier alpha value is -1.59. The smallest absolute Gasteiger partial charge is 0.314 e. The van der Waals surface area contributed by atoms with E-state index in [-0.39, 0.29) is 18.2 Å². The van der Waals surface area contributed by atoms with Gasteiger partial charge in [-0.2, -0.15) is 0 Å². The number of carbonyl (C=O) groups excluding carboxylic acids is 1. The average molecular weight is 489 g/mol. The van der Waals surface area contributed by atoms with Crippen molar-refractivity contribution in [1.82, 2.24) is 0 Å². The molecular weight excluding hydrogens is 440 g/mol. The van der Waals surface area contributed by atoms with Crippen LogP contribution < -0.4 is 9.47 Å². The molecule has 0 radical (unpaired) electrons. The van der Waals surface area contributed by atoms with Crippen molar-refractivity contribution in [1.29, 1.82) is 0 Å². The van der Waals surface area contributed by atoms with Gasteiger partial charge in [0.2, 0.25) is 0 Å². The van der Waals surface area contributed by atoms with Gasteiger partial charge in [0.1, 0.15) is 11.5 Å². The van der Waals surface area contributed by atoms with Gasteiger partial charge in [0.15, 0.2) is 6.29 Å². The first-order valence-corrected chi connectivity index (χ1v) is 14.3. The Balaban J connectivity index is 1.35. The van der Waals surface area contributed by atoms with Crippen molar-refractivity contribution >= 4 is 5.97 Å². The lowest BCUT2D eigenvalue weighted by molar-refractivity contribution is -0.230. The zero-order chi connectivity index (χ0) is 24.9. The largest absolute Gasteiger partial charge is 0.494 e. The van der Waals surface area contributed by atoms with Gasteiger partial charge in [-0.3, -0.25) is 4.79 Å². The molecule has 1 aromatic carbocycles. The van der Waals surface area contributed by atoms with E-state index in [0.717, 1.165) is 63.2 Å². The van der Waals surface area contributed by atoms with E-state index in [0.29, 0.717) is 17.6 Å². The average Bonchev–Trinajstić information content (AvgIpc) is 2.88. The molecule has 2 aliphatic rings. The van der Waals surface area contributed by atoms with E-state index in [9.17, 15) is 4.79 Å². The quantitative estimate of drug-likeness (QED) is 0.153. The van der Waals surface area contributed by atoms with Crippen molar-refractivity contribution in [2.24, 2.45) is 17.8 Å². The van der Waals surface area contributed by atoms with Gasteiger partial charge >= 0.3 is 5.97 Å². The van der Waals surface area contributed by atoms with Gasteiger partial charge in [-0.25, -0.2) is 0 Å². The van der Waals surface area contributed by atoms with Gasteiger partial charge in [-0.15, -0.1) is 0 Å². The van der Waals surface area contributed by atoms with Gasteiger partial charge in [-0.1, -0.05) is 58.8 Å². The Kier molecular flexibility index (Phi) is 12.4. The molecule has 0 atom stereocenters. The summed E-state index contributed by atoms with van der Waals surface area (Å²) in [5.74, 6) is 2.25. The number of carbonyl (C=O) groups is 1. The van der Waals surface area contributed by atoms with E-state index in [1.807, 2.05) is 25.1 Å². The highest BCUT2D eigenvalue weighted by molar-refractivity contribution is 5.75. The van der Waals surface area contributed by atoms with Crippen LogP contribution in [0.2, 0.25) is 0 Å². The molecule has 0 amide bonds. The molecule has 0 aromatic heterocycles. The van der Waals surface area contributed by atoms with Gasteiger partial charge in [0.05, 0.1) is 25.7 Å². The van der Waals surface area contributed by atoms with Gasteiger partial charge in [0, 0.05) is 11.8 Å². The summed E-state index contributed by atoms with van der Waals surface area (Å²) < 4.78 is 23.8. The highest BCUT2D eigenvalue weighted by Crippen LogP contribution is 2.35. The van der Waals surface area contributed by atoms with Crippen molar-refractivity contribution in [3.05, 3.63) is 23.8 Å². The number of benzene rings is 1. The Labute approximate surface area is 213 Å². The van der Waals surface area contributed by atoms with Gasteiger partial charge < -0.3 is 18.9 Å². The van der Waals surface area contributed by atoms with Crippen molar-refractivity contribution in [2.75, 3.05) is 19.8 Å². The highest BCUT2D eigenvalue weighted by atomic mass is 16.7. The lowest BCUT2D eigenvalue weighted by atomic mass is 9.81. The van der Waals surface area contributed by atoms with E-state index in [4.69, 9.17) is 18.9 Å². The van der Waals surface area contributed by atoms with Gasteiger partial charge in [-0.05, 0) is 69.2 Å². The zero-order valence-corrected chi connectivity index (χ0v) is 22.4. The topological polar surface area (TPSA) is 54.0 Å². The third-order valence-electron chi connectivity index (χ3n) is 7.57. The Morgan fingerprint density at radius 2 is 1.60 bits per heavy atom. The summed E-state index contributed by atoms with van der Waals surface area (Å²) in [6.07, 6.45) is 14.6. The molecular formula is C30H48O5. The Bertz CT molecular complexity index is 732. The van der Waals surface area contributed by atoms with Crippen molar-refractivity contribution in [3.63, 3.8) is 0 Å². The van der Waals surface area contributed by atoms with Crippen LogP contribution in [-0.4, -0.2) is 32.1 Å². The molecule has 1 aromatic rings. The molecule has 0 bridgehead atoms. The highest BCUT2D eigenvalue weighted by Gasteiger charge is 2.35. The van der Waals surface area contributed by atoms with Crippen LogP contribution in [0.1, 0.15) is 103 Å². The molecule has 1 saturated carbocycles. The predicted octanol–water partition coefficient (Wildman–Crippen LogP) is 7.63. The zero-order valence-electron chi connectivity index (χ0n) is 22.4. The fourth-order valence-electron chi connectivity index (χ4n) is 5.22. The minimum Gasteiger partial charge on any atom is -0.494 e. The predicted molar refractivity (Wildman–Crippen MR) is 140 cm³/mol. The second-order valence-electron chi connectivity index (χ2n) is 10.6. The van der Waals surface area contributed by atoms with Crippen LogP contribution >= 0.6 is 0 Å². The molecule has 1 aliphatic heterocycles. The SMILES string of the molecule is CCCCCCCOc1ccc(OC(=O)C2CCC(C3OCC(CCCCC)CO3)CC2)c(C)c1. The summed E-state index contributed by atoms with van der Waals surface area (Å²) in [6.45, 7) is 8.80. The fraction of sp³-hybridized carbons (Fsp3) is 0.767. The molecule has 35 heavy (non-hydrogen) atoms. The number of aryl methyl sites for hydroxylation is 1. The normalized spacial score (nSPS) is 24.8. The number of hydrogen-bond donors (Lipinski definition) is 0. The van der Waals surface area contributed by atoms with Crippen LogP contribution in [0.5, 0.6) is 11.5 Å². The van der Waals surface area contributed by atoms with Crippen molar-refractivity contribution in [2.45, 2.75) is 111 Å². The summed E-state index contributed by atoms with van der Waals surface area (Å²) in [4.78, 5) is 12.8. The van der Waals surface area contributed by atoms with E-state index < -0.39 is 0 Å². The maximum Gasteiger partial charge on any atom is 0.314 e. The first-order chi connectivity index (χ1) is 17.1. The maximum absolute atomic E-state index is 12.8. The summed E-state index contributed by atoms with van der Waals surface area (Å²) >= 11 is 0. The van der Waals surface area contributed by atoms with E-state index >= 15 is 0 Å². The van der Waals surface area contributed by atoms with E-state index in [1.165, 1.54) is 51.4 Å². The molecule has 2 fully saturated rings. The lowest BCUT2D eigenvalue weighted by Crippen LogP contribution is -2.39. The lowest BCUT2D eigenvalue weighted by Gasteiger charge is -2.37. The number of unbranched alkanes of at least 4 members (excludes halogenated alkanes) is 6. The van der Waals surface area contributed by atoms with Crippen LogP contribution in [0.15, 0.2) is 18.2 Å². The summed E-state index contributed by atoms with van der Waals surface area (Å²) in [7, 11) is 0. The number of hydrogen-bond acceptors (Lipinski definition) is 5. The van der Waals surface area contributed by atoms with Gasteiger partial charge in [0.25, 0.3) is 0 Å². The molecule has 0 spiro atoms. The third kappa shape index (κ3) is 9.42. The van der Waals surface area contributed by atoms with E-state index in [2.05, 4.69) is 13.8 Å². The molecule has 1 heterocycles. The van der Waals surface area contributed by atoms with Crippen LogP contribution in [-0.2, 0) is 14.3 Å². The minimum atomic E-state index is -0.113. The maximum atomic E-state index is 12.8. The summed E-state index contributed by atoms with van der Waals surface area (Å²) in [6, 6.07) is 5.75. The molecule has 0 N–H and O–H groups in total. The second kappa shape index (κ2) is 15.5. The van der Waals surface area contributed by atoms with Crippen molar-refractivity contribution in [3.8, 4) is 11.5 Å². The van der Waals surface area contributed by atoms with Crippen LogP contribution in [0, 0.1) is 24.7 Å². The van der Waals surface area contributed by atoms with Crippen LogP contribution in [0.25, 0.3) is 0 Å². The standard InChI is InChI=1S/C30H48O5/c1-4-6-8-9-11-19-32-27-17-18-28(23(3)20-27)35-29(31)25-13-15-26(16-14-25)30-33-21-24(22-34-30)12-10-7-5-2/h17-18,20,24-26,30H,4-16,19,21-22H2,1-3H3.